The van der Waals surface area contributed by atoms with Crippen molar-refractivity contribution in [2.24, 2.45) is 5.92 Å². The van der Waals surface area contributed by atoms with E-state index in [1.807, 2.05) is 0 Å². The fourth-order valence-electron chi connectivity index (χ4n) is 2.70. The molecule has 0 aromatic carbocycles. The summed E-state index contributed by atoms with van der Waals surface area (Å²) in [6.07, 6.45) is 11.1. The van der Waals surface area contributed by atoms with Gasteiger partial charge in [0.05, 0.1) is 0 Å². The number of piperidine rings is 1. The molecule has 1 saturated heterocycles. The maximum absolute atomic E-state index is 6.24. The molecule has 0 aliphatic carbocycles. The topological polar surface area (TPSA) is 3.24 Å². The molecule has 0 radical (unpaired) electrons. The van der Waals surface area contributed by atoms with Gasteiger partial charge in [-0.1, -0.05) is 52.4 Å². The van der Waals surface area contributed by atoms with Crippen molar-refractivity contribution in [1.29, 1.82) is 0 Å². The Morgan fingerprint density at radius 1 is 1.06 bits per heavy atom. The van der Waals surface area contributed by atoms with E-state index in [0.29, 0.717) is 11.3 Å². The maximum Gasteiger partial charge on any atom is 0.0386 e. The van der Waals surface area contributed by atoms with Crippen LogP contribution < -0.4 is 0 Å². The second kappa shape index (κ2) is 9.22. The quantitative estimate of drug-likeness (QED) is 0.452. The van der Waals surface area contributed by atoms with Crippen LogP contribution in [0.4, 0.5) is 0 Å². The second-order valence-corrected chi connectivity index (χ2v) is 6.26. The van der Waals surface area contributed by atoms with Crippen LogP contribution in [-0.2, 0) is 0 Å². The van der Waals surface area contributed by atoms with E-state index in [4.69, 9.17) is 11.6 Å². The molecule has 1 nitrogen and oxygen atoms in total. The van der Waals surface area contributed by atoms with Crippen LogP contribution in [0.2, 0.25) is 0 Å². The Balaban J connectivity index is 1.92. The number of hydrogen-bond acceptors (Lipinski definition) is 1. The molecule has 1 aliphatic heterocycles. The molecule has 2 atom stereocenters. The zero-order chi connectivity index (χ0) is 12.5. The first kappa shape index (κ1) is 15.3. The van der Waals surface area contributed by atoms with E-state index in [1.54, 1.807) is 0 Å². The van der Waals surface area contributed by atoms with Gasteiger partial charge >= 0.3 is 0 Å². The van der Waals surface area contributed by atoms with Gasteiger partial charge in [-0.05, 0) is 31.8 Å². The van der Waals surface area contributed by atoms with E-state index >= 15 is 0 Å². The van der Waals surface area contributed by atoms with E-state index in [0.717, 1.165) is 0 Å². The van der Waals surface area contributed by atoms with Crippen LogP contribution >= 0.6 is 11.6 Å². The number of hydrogen-bond donors (Lipinski definition) is 0. The smallest absolute Gasteiger partial charge is 0.0386 e. The van der Waals surface area contributed by atoms with Gasteiger partial charge in [-0.3, -0.25) is 0 Å². The monoisotopic (exact) mass is 259 g/mol. The fourth-order valence-corrected chi connectivity index (χ4v) is 2.88. The highest BCUT2D eigenvalue weighted by molar-refractivity contribution is 6.20. The molecule has 0 N–H and O–H groups in total. The third kappa shape index (κ3) is 6.67. The average Bonchev–Trinajstić information content (AvgIpc) is 2.32. The average molecular weight is 260 g/mol. The van der Waals surface area contributed by atoms with Crippen molar-refractivity contribution >= 4 is 11.6 Å². The Bertz CT molecular complexity index is 184. The SMILES string of the molecule is CCCCCCCCCN1CCC(Cl)C(C)C1. The summed E-state index contributed by atoms with van der Waals surface area (Å²) in [6.45, 7) is 8.29. The molecule has 1 heterocycles. The van der Waals surface area contributed by atoms with E-state index in [2.05, 4.69) is 18.7 Å². The van der Waals surface area contributed by atoms with Crippen molar-refractivity contribution in [3.05, 3.63) is 0 Å². The van der Waals surface area contributed by atoms with Crippen molar-refractivity contribution in [1.82, 2.24) is 4.90 Å². The molecule has 1 fully saturated rings. The maximum atomic E-state index is 6.24. The number of halogens is 1. The van der Waals surface area contributed by atoms with Crippen LogP contribution in [0.5, 0.6) is 0 Å². The molecule has 0 saturated carbocycles. The van der Waals surface area contributed by atoms with E-state index in [9.17, 15) is 0 Å². The first-order chi connectivity index (χ1) is 8.24. The van der Waals surface area contributed by atoms with E-state index in [-0.39, 0.29) is 0 Å². The van der Waals surface area contributed by atoms with Crippen molar-refractivity contribution < 1.29 is 0 Å². The lowest BCUT2D eigenvalue weighted by molar-refractivity contribution is 0.184. The minimum absolute atomic E-state index is 0.417. The third-order valence-corrected chi connectivity index (χ3v) is 4.61. The highest BCUT2D eigenvalue weighted by atomic mass is 35.5. The summed E-state index contributed by atoms with van der Waals surface area (Å²) in [5.74, 6) is 0.676. The summed E-state index contributed by atoms with van der Waals surface area (Å²) < 4.78 is 0. The van der Waals surface area contributed by atoms with Crippen LogP contribution in [0.15, 0.2) is 0 Å². The molecule has 0 bridgehead atoms. The third-order valence-electron chi connectivity index (χ3n) is 3.96. The Labute approximate surface area is 113 Å². The molecule has 1 aliphatic rings. The summed E-state index contributed by atoms with van der Waals surface area (Å²) in [7, 11) is 0. The lowest BCUT2D eigenvalue weighted by Gasteiger charge is -2.34. The van der Waals surface area contributed by atoms with Crippen molar-refractivity contribution in [3.63, 3.8) is 0 Å². The largest absolute Gasteiger partial charge is 0.303 e. The minimum atomic E-state index is 0.417. The number of unbranched alkanes of at least 4 members (excludes halogenated alkanes) is 6. The fraction of sp³-hybridized carbons (Fsp3) is 1.00. The molecular formula is C15H30ClN. The number of rotatable bonds is 8. The van der Waals surface area contributed by atoms with Gasteiger partial charge in [0.1, 0.15) is 0 Å². The zero-order valence-electron chi connectivity index (χ0n) is 11.8. The summed E-state index contributed by atoms with van der Waals surface area (Å²) in [4.78, 5) is 2.61. The Morgan fingerprint density at radius 3 is 2.35 bits per heavy atom. The van der Waals surface area contributed by atoms with Crippen molar-refractivity contribution in [3.8, 4) is 0 Å². The van der Waals surface area contributed by atoms with Gasteiger partial charge in [-0.2, -0.15) is 0 Å². The summed E-state index contributed by atoms with van der Waals surface area (Å²) in [5.41, 5.74) is 0. The van der Waals surface area contributed by atoms with Gasteiger partial charge in [0.25, 0.3) is 0 Å². The standard InChI is InChI=1S/C15H30ClN/c1-3-4-5-6-7-8-9-11-17-12-10-15(16)14(2)13-17/h14-15H,3-13H2,1-2H3. The Morgan fingerprint density at radius 2 is 1.71 bits per heavy atom. The molecule has 1 rings (SSSR count). The highest BCUT2D eigenvalue weighted by Crippen LogP contribution is 2.22. The van der Waals surface area contributed by atoms with Crippen LogP contribution in [0.25, 0.3) is 0 Å². The van der Waals surface area contributed by atoms with Crippen LogP contribution in [-0.4, -0.2) is 29.9 Å². The van der Waals surface area contributed by atoms with E-state index in [1.165, 1.54) is 71.0 Å². The summed E-state index contributed by atoms with van der Waals surface area (Å²) in [6, 6.07) is 0. The predicted molar refractivity (Wildman–Crippen MR) is 77.9 cm³/mol. The van der Waals surface area contributed by atoms with Crippen molar-refractivity contribution in [2.75, 3.05) is 19.6 Å². The van der Waals surface area contributed by atoms with Crippen LogP contribution in [0.3, 0.4) is 0 Å². The lowest BCUT2D eigenvalue weighted by atomic mass is 9.99. The number of alkyl halides is 1. The summed E-state index contributed by atoms with van der Waals surface area (Å²) >= 11 is 6.24. The molecule has 17 heavy (non-hydrogen) atoms. The molecule has 0 aromatic heterocycles. The first-order valence-corrected chi connectivity index (χ1v) is 8.04. The van der Waals surface area contributed by atoms with Gasteiger partial charge in [-0.25, -0.2) is 0 Å². The van der Waals surface area contributed by atoms with Gasteiger partial charge in [0.15, 0.2) is 0 Å². The molecular weight excluding hydrogens is 230 g/mol. The molecule has 0 spiro atoms. The van der Waals surface area contributed by atoms with Crippen molar-refractivity contribution in [2.45, 2.75) is 70.6 Å². The van der Waals surface area contributed by atoms with Gasteiger partial charge in [0.2, 0.25) is 0 Å². The molecule has 0 aromatic rings. The first-order valence-electron chi connectivity index (χ1n) is 7.60. The van der Waals surface area contributed by atoms with Gasteiger partial charge in [-0.15, -0.1) is 11.6 Å². The highest BCUT2D eigenvalue weighted by Gasteiger charge is 2.23. The zero-order valence-corrected chi connectivity index (χ0v) is 12.5. The van der Waals surface area contributed by atoms with Crippen LogP contribution in [0, 0.1) is 5.92 Å². The summed E-state index contributed by atoms with van der Waals surface area (Å²) in [5, 5.41) is 0.417. The van der Waals surface area contributed by atoms with Gasteiger partial charge in [0, 0.05) is 11.9 Å². The minimum Gasteiger partial charge on any atom is -0.303 e. The van der Waals surface area contributed by atoms with E-state index < -0.39 is 0 Å². The Kier molecular flexibility index (Phi) is 8.30. The lowest BCUT2D eigenvalue weighted by Crippen LogP contribution is -2.40. The molecule has 2 heteroatoms. The number of nitrogens with zero attached hydrogens (tertiary/aromatic N) is 1. The predicted octanol–water partition coefficient (Wildman–Crippen LogP) is 4.69. The molecule has 2 unspecified atom stereocenters. The Hall–Kier alpha value is 0.250. The second-order valence-electron chi connectivity index (χ2n) is 5.70. The normalized spacial score (nSPS) is 26.3. The van der Waals surface area contributed by atoms with Gasteiger partial charge < -0.3 is 4.90 Å². The number of likely N-dealkylation sites (tertiary alicyclic amines) is 1. The molecule has 102 valence electrons. The molecule has 0 amide bonds. The van der Waals surface area contributed by atoms with Crippen LogP contribution in [0.1, 0.15) is 65.2 Å².